The van der Waals surface area contributed by atoms with Crippen molar-refractivity contribution >= 4 is 0 Å². The summed E-state index contributed by atoms with van der Waals surface area (Å²) in [6.07, 6.45) is 6.28. The molecule has 0 aliphatic rings. The Hall–Kier alpha value is -0.300. The average Bonchev–Trinajstić information content (AvgIpc) is 1.84. The molecule has 0 heterocycles. The largest absolute Gasteiger partial charge is 0.392 e. The Kier molecular flexibility index (Phi) is 4.37. The van der Waals surface area contributed by atoms with Gasteiger partial charge in [0.1, 0.15) is 0 Å². The lowest BCUT2D eigenvalue weighted by molar-refractivity contribution is 0.338. The minimum absolute atomic E-state index is 0.160. The molecule has 10 heavy (non-hydrogen) atoms. The van der Waals surface area contributed by atoms with Crippen LogP contribution in [-0.2, 0) is 0 Å². The summed E-state index contributed by atoms with van der Waals surface area (Å²) in [5.41, 5.74) is 0.261. The van der Waals surface area contributed by atoms with Crippen LogP contribution in [0.3, 0.4) is 0 Å². The van der Waals surface area contributed by atoms with Crippen LogP contribution in [0.5, 0.6) is 0 Å². The molecule has 0 fully saturated rings. The van der Waals surface area contributed by atoms with Crippen LogP contribution in [-0.4, -0.2) is 11.7 Å². The smallest absolute Gasteiger partial charge is 0.0612 e. The summed E-state index contributed by atoms with van der Waals surface area (Å²) in [5, 5.41) is 8.51. The number of hydrogen-bond donors (Lipinski definition) is 1. The predicted octanol–water partition coefficient (Wildman–Crippen LogP) is 2.36. The molecule has 1 N–H and O–H groups in total. The highest BCUT2D eigenvalue weighted by Crippen LogP contribution is 2.23. The van der Waals surface area contributed by atoms with E-state index in [2.05, 4.69) is 26.8 Å². The highest BCUT2D eigenvalue weighted by Gasteiger charge is 2.10. The molecular weight excluding hydrogens is 124 g/mol. The Bertz CT molecular complexity index is 103. The van der Waals surface area contributed by atoms with E-state index in [0.29, 0.717) is 0 Å². The highest BCUT2D eigenvalue weighted by atomic mass is 16.2. The number of hydrogen-bond acceptors (Lipinski definition) is 1. The Balaban J connectivity index is 3.73. The summed E-state index contributed by atoms with van der Waals surface area (Å²) in [4.78, 5) is 0. The van der Waals surface area contributed by atoms with E-state index >= 15 is 0 Å². The van der Waals surface area contributed by atoms with Gasteiger partial charge in [-0.2, -0.15) is 0 Å². The van der Waals surface area contributed by atoms with Gasteiger partial charge in [0.15, 0.2) is 0 Å². The van der Waals surface area contributed by atoms with Gasteiger partial charge in [0, 0.05) is 0 Å². The van der Waals surface area contributed by atoms with Crippen LogP contribution in [0.2, 0.25) is 0 Å². The number of rotatable bonds is 4. The minimum Gasteiger partial charge on any atom is -0.392 e. The molecule has 0 aromatic rings. The van der Waals surface area contributed by atoms with Gasteiger partial charge in [0.05, 0.1) is 6.61 Å². The second-order valence-electron chi connectivity index (χ2n) is 3.32. The molecule has 60 valence electrons. The van der Waals surface area contributed by atoms with Gasteiger partial charge in [-0.1, -0.05) is 39.3 Å². The van der Waals surface area contributed by atoms with Crippen LogP contribution < -0.4 is 0 Å². The summed E-state index contributed by atoms with van der Waals surface area (Å²) < 4.78 is 0. The second kappa shape index (κ2) is 4.51. The molecule has 0 bridgehead atoms. The number of aliphatic hydroxyl groups is 1. The molecule has 0 amide bonds. The third-order valence-electron chi connectivity index (χ3n) is 1.57. The van der Waals surface area contributed by atoms with Crippen molar-refractivity contribution in [2.24, 2.45) is 5.41 Å². The molecule has 0 atom stereocenters. The Morgan fingerprint density at radius 3 is 2.40 bits per heavy atom. The van der Waals surface area contributed by atoms with Crippen molar-refractivity contribution in [2.75, 3.05) is 6.61 Å². The first-order valence-corrected chi connectivity index (χ1v) is 3.91. The second-order valence-corrected chi connectivity index (χ2v) is 3.32. The summed E-state index contributed by atoms with van der Waals surface area (Å²) in [6.45, 7) is 6.70. The molecule has 0 radical (unpaired) electrons. The van der Waals surface area contributed by atoms with E-state index in [1.165, 1.54) is 12.8 Å². The zero-order valence-electron chi connectivity index (χ0n) is 7.22. The monoisotopic (exact) mass is 142 g/mol. The maximum Gasteiger partial charge on any atom is 0.0612 e. The zero-order chi connectivity index (χ0) is 8.04. The lowest BCUT2D eigenvalue weighted by atomic mass is 9.88. The van der Waals surface area contributed by atoms with Crippen molar-refractivity contribution in [2.45, 2.75) is 33.6 Å². The molecule has 0 spiro atoms. The van der Waals surface area contributed by atoms with Crippen LogP contribution in [0, 0.1) is 5.41 Å². The molecule has 1 nitrogen and oxygen atoms in total. The molecule has 0 aromatic carbocycles. The highest BCUT2D eigenvalue weighted by molar-refractivity contribution is 4.94. The van der Waals surface area contributed by atoms with Crippen LogP contribution in [0.15, 0.2) is 12.2 Å². The van der Waals surface area contributed by atoms with E-state index < -0.39 is 0 Å². The molecule has 0 saturated carbocycles. The molecule has 0 rings (SSSR count). The summed E-state index contributed by atoms with van der Waals surface area (Å²) in [5.74, 6) is 0. The number of aliphatic hydroxyl groups excluding tert-OH is 1. The van der Waals surface area contributed by atoms with Gasteiger partial charge in [-0.3, -0.25) is 0 Å². The lowest BCUT2D eigenvalue weighted by Crippen LogP contribution is -2.06. The predicted molar refractivity (Wildman–Crippen MR) is 44.9 cm³/mol. The third-order valence-corrected chi connectivity index (χ3v) is 1.57. The quantitative estimate of drug-likeness (QED) is 0.597. The van der Waals surface area contributed by atoms with Crippen LogP contribution in [0.25, 0.3) is 0 Å². The van der Waals surface area contributed by atoms with Crippen molar-refractivity contribution in [3.05, 3.63) is 12.2 Å². The Morgan fingerprint density at radius 1 is 1.40 bits per heavy atom. The summed E-state index contributed by atoms with van der Waals surface area (Å²) in [6, 6.07) is 0. The van der Waals surface area contributed by atoms with Gasteiger partial charge in [0.25, 0.3) is 0 Å². The van der Waals surface area contributed by atoms with E-state index in [4.69, 9.17) is 5.11 Å². The van der Waals surface area contributed by atoms with E-state index in [9.17, 15) is 0 Å². The van der Waals surface area contributed by atoms with Crippen molar-refractivity contribution < 1.29 is 5.11 Å². The Morgan fingerprint density at radius 2 is 2.00 bits per heavy atom. The van der Waals surface area contributed by atoms with E-state index in [1.54, 1.807) is 0 Å². The fourth-order valence-electron chi connectivity index (χ4n) is 1.10. The van der Waals surface area contributed by atoms with E-state index in [0.717, 1.165) is 0 Å². The van der Waals surface area contributed by atoms with Gasteiger partial charge in [-0.05, 0) is 11.8 Å². The van der Waals surface area contributed by atoms with Gasteiger partial charge in [0.2, 0.25) is 0 Å². The van der Waals surface area contributed by atoms with Gasteiger partial charge >= 0.3 is 0 Å². The van der Waals surface area contributed by atoms with E-state index in [1.807, 2.05) is 6.08 Å². The molecule has 1 heteroatoms. The maximum absolute atomic E-state index is 8.51. The normalized spacial score (nSPS) is 12.8. The van der Waals surface area contributed by atoms with Gasteiger partial charge < -0.3 is 5.11 Å². The molecular formula is C9H18O. The molecule has 0 unspecified atom stereocenters. The van der Waals surface area contributed by atoms with Crippen LogP contribution >= 0.6 is 0 Å². The molecule has 0 aromatic heterocycles. The SMILES string of the molecule is CCCC(C)(C)C=CCO. The summed E-state index contributed by atoms with van der Waals surface area (Å²) in [7, 11) is 0. The lowest BCUT2D eigenvalue weighted by Gasteiger charge is -2.18. The topological polar surface area (TPSA) is 20.2 Å². The van der Waals surface area contributed by atoms with Gasteiger partial charge in [-0.25, -0.2) is 0 Å². The standard InChI is InChI=1S/C9H18O/c1-4-6-9(2,3)7-5-8-10/h5,7,10H,4,6,8H2,1-3H3. The first-order valence-electron chi connectivity index (χ1n) is 3.91. The van der Waals surface area contributed by atoms with Crippen molar-refractivity contribution in [3.63, 3.8) is 0 Å². The first-order chi connectivity index (χ1) is 4.62. The molecule has 0 saturated heterocycles. The fourth-order valence-corrected chi connectivity index (χ4v) is 1.10. The van der Waals surface area contributed by atoms with Crippen molar-refractivity contribution in [1.82, 2.24) is 0 Å². The minimum atomic E-state index is 0.160. The van der Waals surface area contributed by atoms with Crippen LogP contribution in [0.4, 0.5) is 0 Å². The fraction of sp³-hybridized carbons (Fsp3) is 0.778. The molecule has 0 aliphatic heterocycles. The van der Waals surface area contributed by atoms with Crippen molar-refractivity contribution in [1.29, 1.82) is 0 Å². The zero-order valence-corrected chi connectivity index (χ0v) is 7.22. The van der Waals surface area contributed by atoms with Gasteiger partial charge in [-0.15, -0.1) is 0 Å². The average molecular weight is 142 g/mol. The van der Waals surface area contributed by atoms with Crippen LogP contribution in [0.1, 0.15) is 33.6 Å². The third kappa shape index (κ3) is 4.57. The van der Waals surface area contributed by atoms with Crippen molar-refractivity contribution in [3.8, 4) is 0 Å². The number of allylic oxidation sites excluding steroid dienone is 1. The molecule has 0 aliphatic carbocycles. The van der Waals surface area contributed by atoms with E-state index in [-0.39, 0.29) is 12.0 Å². The summed E-state index contributed by atoms with van der Waals surface area (Å²) >= 11 is 0. The Labute approximate surface area is 63.8 Å². The first kappa shape index (κ1) is 9.70. The maximum atomic E-state index is 8.51.